The summed E-state index contributed by atoms with van der Waals surface area (Å²) in [6.45, 7) is 5.91. The first-order valence-corrected chi connectivity index (χ1v) is 10.4. The van der Waals surface area contributed by atoms with Crippen LogP contribution in [0.3, 0.4) is 0 Å². The van der Waals surface area contributed by atoms with E-state index in [2.05, 4.69) is 22.5 Å². The Kier molecular flexibility index (Phi) is 5.55. The van der Waals surface area contributed by atoms with E-state index in [1.807, 2.05) is 31.2 Å². The van der Waals surface area contributed by atoms with Gasteiger partial charge in [0.25, 0.3) is 5.91 Å². The van der Waals surface area contributed by atoms with Crippen LogP contribution in [0.1, 0.15) is 57.5 Å². The highest BCUT2D eigenvalue weighted by Crippen LogP contribution is 2.34. The number of anilines is 3. The minimum absolute atomic E-state index is 0.00609. The number of rotatable bonds is 6. The second-order valence-electron chi connectivity index (χ2n) is 7.98. The lowest BCUT2D eigenvalue weighted by molar-refractivity contribution is 0.0965. The number of nitrogens with zero attached hydrogens (tertiary/aromatic N) is 1. The number of ketones is 1. The number of allylic oxidation sites excluding steroid dienone is 1. The van der Waals surface area contributed by atoms with Crippen molar-refractivity contribution in [1.29, 1.82) is 0 Å². The number of nitrogens with two attached hydrogens (primary N) is 1. The van der Waals surface area contributed by atoms with Crippen LogP contribution in [0.5, 0.6) is 0 Å². The molecule has 5 N–H and O–H groups in total. The molecule has 1 fully saturated rings. The first kappa shape index (κ1) is 20.1. The molecule has 7 heteroatoms. The van der Waals surface area contributed by atoms with E-state index in [0.29, 0.717) is 28.3 Å². The van der Waals surface area contributed by atoms with Gasteiger partial charge in [-0.15, -0.1) is 0 Å². The van der Waals surface area contributed by atoms with Gasteiger partial charge in [0.15, 0.2) is 5.78 Å². The number of aryl methyl sites for hydroxylation is 1. The lowest BCUT2D eigenvalue weighted by Gasteiger charge is -2.30. The normalized spacial score (nSPS) is 20.3. The summed E-state index contributed by atoms with van der Waals surface area (Å²) in [5.74, 6) is 0.377. The van der Waals surface area contributed by atoms with E-state index in [1.165, 1.54) is 6.08 Å². The molecule has 7 nitrogen and oxygen atoms in total. The Morgan fingerprint density at radius 2 is 2.10 bits per heavy atom. The molecular weight excluding hydrogens is 378 g/mol. The maximum Gasteiger partial charge on any atom is 0.255 e. The number of carbonyl (C=O) groups excluding carboxylic acids is 2. The molecule has 2 heterocycles. The van der Waals surface area contributed by atoms with Crippen LogP contribution in [0.25, 0.3) is 0 Å². The smallest absolute Gasteiger partial charge is 0.255 e. The maximum atomic E-state index is 12.7. The standard InChI is InChI=1S/C23H27N5O2/c1-3-18(29)19-15-12-25-23(30)20(15)22(26-14-8-6-7-13(2)11-14)28-21(19)27-17-10-5-4-9-16(17)24/h3,6-8,11,16-17H,1,4-5,9-10,12,24H2,2H3,(H,25,30)(H2,26,27,28)/t16-,17+/m0/s1. The predicted molar refractivity (Wildman–Crippen MR) is 118 cm³/mol. The second kappa shape index (κ2) is 8.28. The van der Waals surface area contributed by atoms with E-state index >= 15 is 0 Å². The summed E-state index contributed by atoms with van der Waals surface area (Å²) in [5.41, 5.74) is 9.67. The summed E-state index contributed by atoms with van der Waals surface area (Å²) in [5, 5.41) is 9.50. The zero-order chi connectivity index (χ0) is 21.3. The molecule has 0 saturated heterocycles. The highest BCUT2D eigenvalue weighted by Gasteiger charge is 2.33. The van der Waals surface area contributed by atoms with Crippen molar-refractivity contribution >= 4 is 29.0 Å². The van der Waals surface area contributed by atoms with Gasteiger partial charge >= 0.3 is 0 Å². The van der Waals surface area contributed by atoms with Crippen molar-refractivity contribution in [3.8, 4) is 0 Å². The Bertz CT molecular complexity index is 1020. The van der Waals surface area contributed by atoms with Crippen molar-refractivity contribution < 1.29 is 9.59 Å². The monoisotopic (exact) mass is 405 g/mol. The molecule has 2 aliphatic rings. The highest BCUT2D eigenvalue weighted by atomic mass is 16.2. The fourth-order valence-corrected chi connectivity index (χ4v) is 4.25. The summed E-state index contributed by atoms with van der Waals surface area (Å²) >= 11 is 0. The Hall–Kier alpha value is -3.19. The zero-order valence-corrected chi connectivity index (χ0v) is 17.1. The molecule has 1 saturated carbocycles. The number of hydrogen-bond acceptors (Lipinski definition) is 6. The Balaban J connectivity index is 1.82. The summed E-state index contributed by atoms with van der Waals surface area (Å²) in [6, 6.07) is 7.85. The van der Waals surface area contributed by atoms with Crippen LogP contribution < -0.4 is 21.7 Å². The quantitative estimate of drug-likeness (QED) is 0.433. The number of amides is 1. The summed E-state index contributed by atoms with van der Waals surface area (Å²) in [6.07, 6.45) is 5.30. The number of aromatic nitrogens is 1. The molecule has 0 bridgehead atoms. The molecule has 1 amide bonds. The van der Waals surface area contributed by atoms with Crippen LogP contribution >= 0.6 is 0 Å². The van der Waals surface area contributed by atoms with E-state index in [4.69, 9.17) is 10.7 Å². The van der Waals surface area contributed by atoms with Crippen LogP contribution in [0.4, 0.5) is 17.3 Å². The summed E-state index contributed by atoms with van der Waals surface area (Å²) < 4.78 is 0. The third kappa shape index (κ3) is 3.80. The maximum absolute atomic E-state index is 12.7. The van der Waals surface area contributed by atoms with E-state index in [0.717, 1.165) is 36.9 Å². The van der Waals surface area contributed by atoms with Gasteiger partial charge < -0.3 is 21.7 Å². The lowest BCUT2D eigenvalue weighted by Crippen LogP contribution is -2.43. The molecule has 1 aliphatic carbocycles. The summed E-state index contributed by atoms with van der Waals surface area (Å²) in [7, 11) is 0. The summed E-state index contributed by atoms with van der Waals surface area (Å²) in [4.78, 5) is 30.1. The van der Waals surface area contributed by atoms with Gasteiger partial charge in [0.1, 0.15) is 11.6 Å². The first-order chi connectivity index (χ1) is 14.5. The van der Waals surface area contributed by atoms with Crippen molar-refractivity contribution in [3.05, 3.63) is 59.2 Å². The average molecular weight is 406 g/mol. The van der Waals surface area contributed by atoms with Crippen LogP contribution in [-0.2, 0) is 6.54 Å². The van der Waals surface area contributed by atoms with Crippen molar-refractivity contribution in [2.45, 2.75) is 51.2 Å². The molecule has 0 spiro atoms. The predicted octanol–water partition coefficient (Wildman–Crippen LogP) is 3.43. The molecule has 0 radical (unpaired) electrons. The van der Waals surface area contributed by atoms with E-state index in [1.54, 1.807) is 0 Å². The Morgan fingerprint density at radius 1 is 1.30 bits per heavy atom. The van der Waals surface area contributed by atoms with Gasteiger partial charge in [0, 0.05) is 29.9 Å². The minimum Gasteiger partial charge on any atom is -0.365 e. The molecule has 4 rings (SSSR count). The van der Waals surface area contributed by atoms with Crippen molar-refractivity contribution in [2.75, 3.05) is 10.6 Å². The van der Waals surface area contributed by atoms with E-state index in [9.17, 15) is 9.59 Å². The number of nitrogens with one attached hydrogen (secondary N) is 3. The van der Waals surface area contributed by atoms with Gasteiger partial charge in [-0.05, 0) is 43.5 Å². The van der Waals surface area contributed by atoms with Crippen LogP contribution in [-0.4, -0.2) is 28.8 Å². The van der Waals surface area contributed by atoms with Crippen molar-refractivity contribution in [3.63, 3.8) is 0 Å². The van der Waals surface area contributed by atoms with E-state index in [-0.39, 0.29) is 30.3 Å². The van der Waals surface area contributed by atoms with Gasteiger partial charge in [-0.1, -0.05) is 31.6 Å². The van der Waals surface area contributed by atoms with Gasteiger partial charge in [-0.25, -0.2) is 4.98 Å². The zero-order valence-electron chi connectivity index (χ0n) is 17.1. The largest absolute Gasteiger partial charge is 0.365 e. The SMILES string of the molecule is C=CC(=O)c1c(N[C@@H]2CCCC[C@@H]2N)nc(Nc2cccc(C)c2)c2c1CNC2=O. The number of benzene rings is 1. The highest BCUT2D eigenvalue weighted by molar-refractivity contribution is 6.14. The third-order valence-corrected chi connectivity index (χ3v) is 5.81. The third-order valence-electron chi connectivity index (χ3n) is 5.81. The molecule has 156 valence electrons. The molecular formula is C23H27N5O2. The lowest BCUT2D eigenvalue weighted by atomic mass is 9.90. The fraction of sp³-hybridized carbons (Fsp3) is 0.348. The molecule has 0 unspecified atom stereocenters. The second-order valence-corrected chi connectivity index (χ2v) is 7.98. The van der Waals surface area contributed by atoms with Crippen LogP contribution in [0, 0.1) is 6.92 Å². The fourth-order valence-electron chi connectivity index (χ4n) is 4.25. The van der Waals surface area contributed by atoms with Crippen LogP contribution in [0.15, 0.2) is 36.9 Å². The van der Waals surface area contributed by atoms with Gasteiger partial charge in [0.2, 0.25) is 0 Å². The van der Waals surface area contributed by atoms with Crippen LogP contribution in [0.2, 0.25) is 0 Å². The molecule has 1 aromatic carbocycles. The Labute approximate surface area is 176 Å². The molecule has 30 heavy (non-hydrogen) atoms. The minimum atomic E-state index is -0.260. The van der Waals surface area contributed by atoms with Gasteiger partial charge in [-0.3, -0.25) is 9.59 Å². The molecule has 1 aliphatic heterocycles. The van der Waals surface area contributed by atoms with Gasteiger partial charge in [-0.2, -0.15) is 0 Å². The number of fused-ring (bicyclic) bond motifs is 1. The molecule has 2 atom stereocenters. The molecule has 1 aromatic heterocycles. The van der Waals surface area contributed by atoms with Crippen molar-refractivity contribution in [1.82, 2.24) is 10.3 Å². The van der Waals surface area contributed by atoms with E-state index < -0.39 is 0 Å². The average Bonchev–Trinajstić information content (AvgIpc) is 3.11. The van der Waals surface area contributed by atoms with Crippen molar-refractivity contribution in [2.24, 2.45) is 5.73 Å². The topological polar surface area (TPSA) is 109 Å². The number of hydrogen-bond donors (Lipinski definition) is 4. The Morgan fingerprint density at radius 3 is 2.83 bits per heavy atom. The molecule has 2 aromatic rings. The first-order valence-electron chi connectivity index (χ1n) is 10.4. The van der Waals surface area contributed by atoms with Gasteiger partial charge in [0.05, 0.1) is 11.1 Å². The number of carbonyl (C=O) groups is 2. The number of pyridine rings is 1.